The number of carbonyl (C=O) groups is 1. The maximum absolute atomic E-state index is 11.4. The molecule has 12 heavy (non-hydrogen) atoms. The molecule has 0 saturated heterocycles. The maximum atomic E-state index is 11.4. The van der Waals surface area contributed by atoms with Gasteiger partial charge in [-0.2, -0.15) is 0 Å². The minimum atomic E-state index is 0.148. The van der Waals surface area contributed by atoms with Gasteiger partial charge in [-0.05, 0) is 45.8 Å². The SMILES string of the molecule is CC/C(C)=C(\C)C(=O)C=C(C)C. The molecule has 0 aliphatic carbocycles. The van der Waals surface area contributed by atoms with E-state index in [1.54, 1.807) is 6.08 Å². The maximum Gasteiger partial charge on any atom is 0.181 e. The van der Waals surface area contributed by atoms with E-state index in [0.29, 0.717) is 0 Å². The van der Waals surface area contributed by atoms with Gasteiger partial charge in [-0.3, -0.25) is 4.79 Å². The molecule has 0 aromatic carbocycles. The first-order chi connectivity index (χ1) is 5.49. The van der Waals surface area contributed by atoms with Crippen molar-refractivity contribution in [2.75, 3.05) is 0 Å². The van der Waals surface area contributed by atoms with Gasteiger partial charge in [0.1, 0.15) is 0 Å². The first-order valence-electron chi connectivity index (χ1n) is 4.34. The minimum Gasteiger partial charge on any atom is -0.290 e. The predicted molar refractivity (Wildman–Crippen MR) is 53.1 cm³/mol. The van der Waals surface area contributed by atoms with Gasteiger partial charge in [0.15, 0.2) is 5.78 Å². The Hall–Kier alpha value is -0.850. The monoisotopic (exact) mass is 166 g/mol. The average molecular weight is 166 g/mol. The van der Waals surface area contributed by atoms with E-state index in [1.807, 2.05) is 27.7 Å². The Kier molecular flexibility index (Phi) is 4.57. The van der Waals surface area contributed by atoms with E-state index in [-0.39, 0.29) is 5.78 Å². The van der Waals surface area contributed by atoms with Crippen LogP contribution in [0.3, 0.4) is 0 Å². The third kappa shape index (κ3) is 3.51. The van der Waals surface area contributed by atoms with Crippen molar-refractivity contribution in [1.29, 1.82) is 0 Å². The van der Waals surface area contributed by atoms with E-state index >= 15 is 0 Å². The molecule has 68 valence electrons. The van der Waals surface area contributed by atoms with Crippen LogP contribution in [0.4, 0.5) is 0 Å². The normalized spacial score (nSPS) is 12.1. The van der Waals surface area contributed by atoms with E-state index < -0.39 is 0 Å². The number of rotatable bonds is 3. The molecule has 0 aromatic rings. The summed E-state index contributed by atoms with van der Waals surface area (Å²) in [5.74, 6) is 0.148. The molecule has 0 atom stereocenters. The first-order valence-corrected chi connectivity index (χ1v) is 4.34. The van der Waals surface area contributed by atoms with E-state index in [4.69, 9.17) is 0 Å². The van der Waals surface area contributed by atoms with Crippen LogP contribution in [0.1, 0.15) is 41.0 Å². The highest BCUT2D eigenvalue weighted by molar-refractivity contribution is 6.04. The molecule has 0 aromatic heterocycles. The summed E-state index contributed by atoms with van der Waals surface area (Å²) in [6.45, 7) is 9.83. The molecule has 0 N–H and O–H groups in total. The average Bonchev–Trinajstić information content (AvgIpc) is 2.00. The lowest BCUT2D eigenvalue weighted by atomic mass is 10.0. The number of carbonyl (C=O) groups excluding carboxylic acids is 1. The highest BCUT2D eigenvalue weighted by Crippen LogP contribution is 2.09. The van der Waals surface area contributed by atoms with Crippen LogP contribution in [0.25, 0.3) is 0 Å². The van der Waals surface area contributed by atoms with Crippen molar-refractivity contribution in [3.63, 3.8) is 0 Å². The Labute approximate surface area is 75.2 Å². The van der Waals surface area contributed by atoms with Gasteiger partial charge in [0, 0.05) is 0 Å². The molecule has 0 radical (unpaired) electrons. The van der Waals surface area contributed by atoms with E-state index in [2.05, 4.69) is 6.92 Å². The number of hydrogen-bond donors (Lipinski definition) is 0. The van der Waals surface area contributed by atoms with Crippen molar-refractivity contribution in [3.8, 4) is 0 Å². The zero-order chi connectivity index (χ0) is 9.72. The summed E-state index contributed by atoms with van der Waals surface area (Å²) in [5.41, 5.74) is 3.12. The lowest BCUT2D eigenvalue weighted by molar-refractivity contribution is -0.111. The Morgan fingerprint density at radius 1 is 1.17 bits per heavy atom. The van der Waals surface area contributed by atoms with Gasteiger partial charge in [-0.15, -0.1) is 0 Å². The second-order valence-corrected chi connectivity index (χ2v) is 3.34. The molecule has 0 rings (SSSR count). The predicted octanol–water partition coefficient (Wildman–Crippen LogP) is 3.27. The van der Waals surface area contributed by atoms with Crippen molar-refractivity contribution in [1.82, 2.24) is 0 Å². The second-order valence-electron chi connectivity index (χ2n) is 3.34. The third-order valence-corrected chi connectivity index (χ3v) is 1.96. The number of allylic oxidation sites excluding steroid dienone is 4. The van der Waals surface area contributed by atoms with Gasteiger partial charge < -0.3 is 0 Å². The van der Waals surface area contributed by atoms with E-state index in [0.717, 1.165) is 17.6 Å². The summed E-state index contributed by atoms with van der Waals surface area (Å²) in [6.07, 6.45) is 2.64. The zero-order valence-corrected chi connectivity index (χ0v) is 8.69. The molecule has 0 aliphatic heterocycles. The topological polar surface area (TPSA) is 17.1 Å². The molecule has 0 saturated carbocycles. The Morgan fingerprint density at radius 2 is 1.67 bits per heavy atom. The van der Waals surface area contributed by atoms with Crippen LogP contribution in [0.5, 0.6) is 0 Å². The van der Waals surface area contributed by atoms with Crippen LogP contribution in [0.2, 0.25) is 0 Å². The van der Waals surface area contributed by atoms with Gasteiger partial charge in [-0.1, -0.05) is 18.1 Å². The first kappa shape index (κ1) is 11.2. The Balaban J connectivity index is 4.62. The molecule has 0 fully saturated rings. The summed E-state index contributed by atoms with van der Waals surface area (Å²) >= 11 is 0. The van der Waals surface area contributed by atoms with Crippen molar-refractivity contribution in [2.24, 2.45) is 0 Å². The molecule has 1 nitrogen and oxygen atoms in total. The fourth-order valence-electron chi connectivity index (χ4n) is 0.846. The van der Waals surface area contributed by atoms with Crippen LogP contribution >= 0.6 is 0 Å². The van der Waals surface area contributed by atoms with Gasteiger partial charge in [0.05, 0.1) is 0 Å². The molecule has 0 amide bonds. The van der Waals surface area contributed by atoms with Crippen LogP contribution in [0.15, 0.2) is 22.8 Å². The molecule has 0 spiro atoms. The minimum absolute atomic E-state index is 0.148. The lowest BCUT2D eigenvalue weighted by Gasteiger charge is -2.01. The number of hydrogen-bond acceptors (Lipinski definition) is 1. The summed E-state index contributed by atoms with van der Waals surface area (Å²) in [4.78, 5) is 11.4. The van der Waals surface area contributed by atoms with Crippen molar-refractivity contribution in [3.05, 3.63) is 22.8 Å². The quantitative estimate of drug-likeness (QED) is 0.588. The lowest BCUT2D eigenvalue weighted by Crippen LogP contribution is -1.98. The molecule has 0 heterocycles. The summed E-state index contributed by atoms with van der Waals surface area (Å²) in [6, 6.07) is 0. The standard InChI is InChI=1S/C11H18O/c1-6-9(4)10(5)11(12)7-8(2)3/h7H,6H2,1-5H3/b10-9+. The molecule has 1 heteroatoms. The van der Waals surface area contributed by atoms with Gasteiger partial charge in [0.2, 0.25) is 0 Å². The zero-order valence-electron chi connectivity index (χ0n) is 8.69. The molecule has 0 unspecified atom stereocenters. The third-order valence-electron chi connectivity index (χ3n) is 1.96. The second kappa shape index (κ2) is 4.91. The Bertz CT molecular complexity index is 227. The van der Waals surface area contributed by atoms with Crippen molar-refractivity contribution in [2.45, 2.75) is 41.0 Å². The van der Waals surface area contributed by atoms with Crippen LogP contribution < -0.4 is 0 Å². The molecular formula is C11H18O. The fraction of sp³-hybridized carbons (Fsp3) is 0.545. The van der Waals surface area contributed by atoms with Gasteiger partial charge in [0.25, 0.3) is 0 Å². The smallest absolute Gasteiger partial charge is 0.181 e. The highest BCUT2D eigenvalue weighted by atomic mass is 16.1. The van der Waals surface area contributed by atoms with Crippen LogP contribution in [0, 0.1) is 0 Å². The molecule has 0 aliphatic rings. The van der Waals surface area contributed by atoms with Gasteiger partial charge in [-0.25, -0.2) is 0 Å². The largest absolute Gasteiger partial charge is 0.290 e. The summed E-state index contributed by atoms with van der Waals surface area (Å²) in [7, 11) is 0. The van der Waals surface area contributed by atoms with Gasteiger partial charge >= 0.3 is 0 Å². The Morgan fingerprint density at radius 3 is 2.00 bits per heavy atom. The van der Waals surface area contributed by atoms with E-state index in [9.17, 15) is 4.79 Å². The summed E-state index contributed by atoms with van der Waals surface area (Å²) in [5, 5.41) is 0. The molecule has 0 bridgehead atoms. The summed E-state index contributed by atoms with van der Waals surface area (Å²) < 4.78 is 0. The fourth-order valence-corrected chi connectivity index (χ4v) is 0.846. The molecular weight excluding hydrogens is 148 g/mol. The van der Waals surface area contributed by atoms with E-state index in [1.165, 1.54) is 5.57 Å². The number of ketones is 1. The van der Waals surface area contributed by atoms with Crippen molar-refractivity contribution < 1.29 is 4.79 Å². The van der Waals surface area contributed by atoms with Crippen molar-refractivity contribution >= 4 is 5.78 Å². The van der Waals surface area contributed by atoms with Crippen LogP contribution in [-0.4, -0.2) is 5.78 Å². The van der Waals surface area contributed by atoms with Crippen LogP contribution in [-0.2, 0) is 4.79 Å². The highest BCUT2D eigenvalue weighted by Gasteiger charge is 2.02.